The van der Waals surface area contributed by atoms with E-state index in [1.165, 1.54) is 6.07 Å². The zero-order chi connectivity index (χ0) is 16.4. The lowest BCUT2D eigenvalue weighted by molar-refractivity contribution is 0.0822. The molecule has 1 N–H and O–H groups in total. The molecule has 3 rings (SSSR count). The van der Waals surface area contributed by atoms with E-state index in [2.05, 4.69) is 10.4 Å². The van der Waals surface area contributed by atoms with Gasteiger partial charge in [0, 0.05) is 18.7 Å². The van der Waals surface area contributed by atoms with Crippen molar-refractivity contribution < 1.29 is 18.3 Å². The minimum absolute atomic E-state index is 0.208. The van der Waals surface area contributed by atoms with Gasteiger partial charge in [-0.25, -0.2) is 8.78 Å². The number of amides is 1. The van der Waals surface area contributed by atoms with Gasteiger partial charge in [-0.2, -0.15) is 5.10 Å². The Balaban J connectivity index is 1.73. The minimum atomic E-state index is -2.57. The lowest BCUT2D eigenvalue weighted by Crippen LogP contribution is -2.15. The highest BCUT2D eigenvalue weighted by Gasteiger charge is 2.28. The molecule has 0 bridgehead atoms. The molecule has 0 radical (unpaired) electrons. The van der Waals surface area contributed by atoms with Crippen LogP contribution in [0.4, 0.5) is 14.5 Å². The van der Waals surface area contributed by atoms with Crippen LogP contribution in [0.1, 0.15) is 34.9 Å². The van der Waals surface area contributed by atoms with Gasteiger partial charge in [-0.05, 0) is 31.0 Å². The molecule has 122 valence electrons. The van der Waals surface area contributed by atoms with Gasteiger partial charge in [0.25, 0.3) is 12.3 Å². The highest BCUT2D eigenvalue weighted by atomic mass is 19.3. The summed E-state index contributed by atoms with van der Waals surface area (Å²) in [6.07, 6.45) is -0.342. The van der Waals surface area contributed by atoms with E-state index in [9.17, 15) is 13.6 Å². The first-order valence-corrected chi connectivity index (χ1v) is 7.40. The van der Waals surface area contributed by atoms with Crippen LogP contribution < -0.4 is 10.1 Å². The number of para-hydroxylation sites is 2. The van der Waals surface area contributed by atoms with Crippen LogP contribution >= 0.6 is 0 Å². The van der Waals surface area contributed by atoms with E-state index in [0.717, 1.165) is 18.5 Å². The number of aromatic nitrogens is 2. The van der Waals surface area contributed by atoms with Gasteiger partial charge in [-0.3, -0.25) is 9.48 Å². The van der Waals surface area contributed by atoms with Gasteiger partial charge in [0.1, 0.15) is 12.4 Å². The van der Waals surface area contributed by atoms with E-state index in [0.29, 0.717) is 17.3 Å². The summed E-state index contributed by atoms with van der Waals surface area (Å²) < 4.78 is 31.3. The van der Waals surface area contributed by atoms with Crippen molar-refractivity contribution in [2.45, 2.75) is 25.2 Å². The molecular formula is C16H17F2N3O2. The van der Waals surface area contributed by atoms with Crippen LogP contribution in [0.2, 0.25) is 0 Å². The second kappa shape index (κ2) is 6.36. The van der Waals surface area contributed by atoms with Gasteiger partial charge in [0.05, 0.1) is 5.69 Å². The summed E-state index contributed by atoms with van der Waals surface area (Å²) in [6, 6.07) is 8.26. The summed E-state index contributed by atoms with van der Waals surface area (Å²) in [5.74, 6) is 0.302. The van der Waals surface area contributed by atoms with Gasteiger partial charge in [0.2, 0.25) is 0 Å². The number of halogens is 2. The number of ether oxygens (including phenoxy) is 1. The Hall–Kier alpha value is -2.44. The monoisotopic (exact) mass is 321 g/mol. The fourth-order valence-electron chi connectivity index (χ4n) is 2.39. The van der Waals surface area contributed by atoms with E-state index in [1.54, 1.807) is 28.9 Å². The Morgan fingerprint density at radius 2 is 2.17 bits per heavy atom. The van der Waals surface area contributed by atoms with Gasteiger partial charge in [-0.15, -0.1) is 0 Å². The second-order valence-corrected chi connectivity index (χ2v) is 5.50. The Morgan fingerprint density at radius 3 is 2.87 bits per heavy atom. The molecule has 2 aromatic rings. The number of carbonyl (C=O) groups excluding carboxylic acids is 1. The van der Waals surface area contributed by atoms with E-state index < -0.39 is 13.0 Å². The molecule has 0 unspecified atom stereocenters. The normalized spacial score (nSPS) is 14.1. The van der Waals surface area contributed by atoms with Crippen molar-refractivity contribution >= 4 is 11.6 Å². The number of anilines is 1. The van der Waals surface area contributed by atoms with Gasteiger partial charge >= 0.3 is 0 Å². The summed E-state index contributed by atoms with van der Waals surface area (Å²) in [6.45, 7) is -0.720. The molecule has 1 heterocycles. The second-order valence-electron chi connectivity index (χ2n) is 5.50. The molecule has 1 amide bonds. The zero-order valence-corrected chi connectivity index (χ0v) is 12.6. The zero-order valence-electron chi connectivity index (χ0n) is 12.6. The maximum atomic E-state index is 12.3. The largest absolute Gasteiger partial charge is 0.485 e. The molecule has 1 fully saturated rings. The molecular weight excluding hydrogens is 304 g/mol. The SMILES string of the molecule is Cn1nc(C(=O)Nc2ccccc2OCC(F)F)cc1C1CC1. The Labute approximate surface area is 132 Å². The van der Waals surface area contributed by atoms with Crippen molar-refractivity contribution in [1.82, 2.24) is 9.78 Å². The first kappa shape index (κ1) is 15.5. The molecule has 23 heavy (non-hydrogen) atoms. The third-order valence-electron chi connectivity index (χ3n) is 3.64. The average molecular weight is 321 g/mol. The van der Waals surface area contributed by atoms with Gasteiger partial charge < -0.3 is 10.1 Å². The van der Waals surface area contributed by atoms with Crippen LogP contribution in [0.5, 0.6) is 5.75 Å². The maximum absolute atomic E-state index is 12.3. The molecule has 0 aliphatic heterocycles. The third kappa shape index (κ3) is 3.67. The molecule has 1 aromatic carbocycles. The molecule has 1 saturated carbocycles. The number of nitrogens with one attached hydrogen (secondary N) is 1. The molecule has 0 spiro atoms. The third-order valence-corrected chi connectivity index (χ3v) is 3.64. The minimum Gasteiger partial charge on any atom is -0.485 e. The van der Waals surface area contributed by atoms with Crippen molar-refractivity contribution in [3.05, 3.63) is 41.7 Å². The van der Waals surface area contributed by atoms with Crippen LogP contribution in [0.15, 0.2) is 30.3 Å². The molecule has 5 nitrogen and oxygen atoms in total. The van der Waals surface area contributed by atoms with Crippen LogP contribution in [0, 0.1) is 0 Å². The number of hydrogen-bond donors (Lipinski definition) is 1. The first-order valence-electron chi connectivity index (χ1n) is 7.40. The van der Waals surface area contributed by atoms with E-state index >= 15 is 0 Å². The van der Waals surface area contributed by atoms with Crippen LogP contribution in [-0.4, -0.2) is 28.7 Å². The summed E-state index contributed by atoms with van der Waals surface area (Å²) >= 11 is 0. The van der Waals surface area contributed by atoms with Crippen molar-refractivity contribution in [3.63, 3.8) is 0 Å². The fourth-order valence-corrected chi connectivity index (χ4v) is 2.39. The summed E-state index contributed by atoms with van der Waals surface area (Å²) in [4.78, 5) is 12.3. The van der Waals surface area contributed by atoms with Crippen LogP contribution in [0.3, 0.4) is 0 Å². The summed E-state index contributed by atoms with van der Waals surface area (Å²) in [5, 5.41) is 6.88. The Kier molecular flexibility index (Phi) is 4.27. The van der Waals surface area contributed by atoms with Crippen molar-refractivity contribution in [2.75, 3.05) is 11.9 Å². The number of rotatable bonds is 6. The summed E-state index contributed by atoms with van der Waals surface area (Å²) in [5.41, 5.74) is 1.69. The quantitative estimate of drug-likeness (QED) is 0.889. The number of hydrogen-bond acceptors (Lipinski definition) is 3. The Morgan fingerprint density at radius 1 is 1.43 bits per heavy atom. The standard InChI is InChI=1S/C16H17F2N3O2/c1-21-13(10-6-7-10)8-12(20-21)16(22)19-11-4-2-3-5-14(11)23-9-15(17)18/h2-5,8,10,15H,6-7,9H2,1H3,(H,19,22). The van der Waals surface area contributed by atoms with Crippen molar-refractivity contribution in [3.8, 4) is 5.75 Å². The van der Waals surface area contributed by atoms with Crippen LogP contribution in [0.25, 0.3) is 0 Å². The molecule has 0 atom stereocenters. The first-order chi connectivity index (χ1) is 11.0. The average Bonchev–Trinajstić information content (AvgIpc) is 3.28. The molecule has 1 aromatic heterocycles. The molecule has 1 aliphatic carbocycles. The highest BCUT2D eigenvalue weighted by molar-refractivity contribution is 6.03. The predicted molar refractivity (Wildman–Crippen MR) is 81.1 cm³/mol. The van der Waals surface area contributed by atoms with Crippen LogP contribution in [-0.2, 0) is 7.05 Å². The number of benzene rings is 1. The van der Waals surface area contributed by atoms with Crippen molar-refractivity contribution in [2.24, 2.45) is 7.05 Å². The topological polar surface area (TPSA) is 56.2 Å². The maximum Gasteiger partial charge on any atom is 0.276 e. The predicted octanol–water partition coefficient (Wildman–Crippen LogP) is 3.19. The molecule has 7 heteroatoms. The van der Waals surface area contributed by atoms with E-state index in [1.807, 2.05) is 7.05 Å². The molecule has 1 aliphatic rings. The molecule has 0 saturated heterocycles. The number of nitrogens with zero attached hydrogens (tertiary/aromatic N) is 2. The lowest BCUT2D eigenvalue weighted by Gasteiger charge is -2.11. The lowest BCUT2D eigenvalue weighted by atomic mass is 10.2. The van der Waals surface area contributed by atoms with Crippen molar-refractivity contribution in [1.29, 1.82) is 0 Å². The van der Waals surface area contributed by atoms with Gasteiger partial charge in [-0.1, -0.05) is 12.1 Å². The number of carbonyl (C=O) groups is 1. The summed E-state index contributed by atoms with van der Waals surface area (Å²) in [7, 11) is 1.81. The highest BCUT2D eigenvalue weighted by Crippen LogP contribution is 2.40. The number of alkyl halides is 2. The van der Waals surface area contributed by atoms with E-state index in [4.69, 9.17) is 4.74 Å². The van der Waals surface area contributed by atoms with Gasteiger partial charge in [0.15, 0.2) is 5.69 Å². The Bertz CT molecular complexity index is 711. The fraction of sp³-hybridized carbons (Fsp3) is 0.375. The number of aryl methyl sites for hydroxylation is 1. The smallest absolute Gasteiger partial charge is 0.276 e. The van der Waals surface area contributed by atoms with E-state index in [-0.39, 0.29) is 11.7 Å².